The summed E-state index contributed by atoms with van der Waals surface area (Å²) in [4.78, 5) is 22.5. The zero-order valence-corrected chi connectivity index (χ0v) is 18.1. The molecule has 0 bridgehead atoms. The Kier molecular flexibility index (Phi) is 5.65. The second kappa shape index (κ2) is 8.42. The lowest BCUT2D eigenvalue weighted by atomic mass is 10.1. The summed E-state index contributed by atoms with van der Waals surface area (Å²) in [5.41, 5.74) is 0.237. The minimum atomic E-state index is -0.655. The Morgan fingerprint density at radius 2 is 2.00 bits per heavy atom. The molecule has 4 rings (SSSR count). The van der Waals surface area contributed by atoms with E-state index in [1.807, 2.05) is 26.8 Å². The van der Waals surface area contributed by atoms with Gasteiger partial charge in [0.25, 0.3) is 0 Å². The maximum atomic E-state index is 14.2. The predicted molar refractivity (Wildman–Crippen MR) is 113 cm³/mol. The zero-order valence-electron chi connectivity index (χ0n) is 18.1. The van der Waals surface area contributed by atoms with Crippen LogP contribution in [0.1, 0.15) is 45.2 Å². The number of nitriles is 1. The summed E-state index contributed by atoms with van der Waals surface area (Å²) in [6.45, 7) is 6.63. The highest BCUT2D eigenvalue weighted by atomic mass is 19.1. The largest absolute Gasteiger partial charge is 0.444 e. The average Bonchev–Trinajstić information content (AvgIpc) is 3.19. The normalized spacial score (nSPS) is 14.9. The molecule has 9 nitrogen and oxygen atoms in total. The van der Waals surface area contributed by atoms with E-state index < -0.39 is 11.4 Å². The van der Waals surface area contributed by atoms with Crippen molar-refractivity contribution in [2.45, 2.75) is 45.3 Å². The molecule has 0 unspecified atom stereocenters. The average molecular weight is 438 g/mol. The smallest absolute Gasteiger partial charge is 0.410 e. The van der Waals surface area contributed by atoms with Gasteiger partial charge in [-0.25, -0.2) is 23.8 Å². The lowest BCUT2D eigenvalue weighted by Crippen LogP contribution is -2.42. The number of carbonyl (C=O) groups excluding carboxylic acids is 1. The Morgan fingerprint density at radius 1 is 1.25 bits per heavy atom. The number of aromatic nitrogens is 4. The van der Waals surface area contributed by atoms with Crippen LogP contribution in [0.4, 0.5) is 9.18 Å². The summed E-state index contributed by atoms with van der Waals surface area (Å²) in [6.07, 6.45) is 4.00. The first-order chi connectivity index (χ1) is 15.2. The molecular weight excluding hydrogens is 415 g/mol. The fourth-order valence-electron chi connectivity index (χ4n) is 3.57. The number of fused-ring (bicyclic) bond motifs is 1. The van der Waals surface area contributed by atoms with Gasteiger partial charge in [-0.3, -0.25) is 0 Å². The number of likely N-dealkylation sites (tertiary alicyclic amines) is 1. The van der Waals surface area contributed by atoms with Crippen molar-refractivity contribution in [1.29, 1.82) is 5.26 Å². The quantitative estimate of drug-likeness (QED) is 0.603. The summed E-state index contributed by atoms with van der Waals surface area (Å²) in [5.74, 6) is -0.517. The van der Waals surface area contributed by atoms with Crippen molar-refractivity contribution in [3.8, 4) is 17.7 Å². The Labute approximate surface area is 184 Å². The fraction of sp³-hybridized carbons (Fsp3) is 0.409. The van der Waals surface area contributed by atoms with Crippen LogP contribution in [0.5, 0.6) is 11.6 Å². The molecule has 0 saturated carbocycles. The number of benzene rings is 1. The minimum absolute atomic E-state index is 0.0394. The van der Waals surface area contributed by atoms with E-state index in [4.69, 9.17) is 14.7 Å². The van der Waals surface area contributed by atoms with Crippen LogP contribution in [0.25, 0.3) is 11.0 Å². The molecule has 0 atom stereocenters. The number of piperidine rings is 1. The maximum absolute atomic E-state index is 14.2. The van der Waals surface area contributed by atoms with E-state index in [0.29, 0.717) is 37.0 Å². The van der Waals surface area contributed by atoms with E-state index in [2.05, 4.69) is 15.1 Å². The van der Waals surface area contributed by atoms with Crippen molar-refractivity contribution in [3.05, 3.63) is 42.1 Å². The molecule has 10 heteroatoms. The number of carbonyl (C=O) groups is 1. The number of hydrogen-bond donors (Lipinski definition) is 0. The van der Waals surface area contributed by atoms with Crippen LogP contribution in [0.3, 0.4) is 0 Å². The van der Waals surface area contributed by atoms with Crippen LogP contribution < -0.4 is 4.74 Å². The molecule has 0 N–H and O–H groups in total. The van der Waals surface area contributed by atoms with Gasteiger partial charge in [-0.15, -0.1) is 0 Å². The third-order valence-corrected chi connectivity index (χ3v) is 5.08. The first-order valence-corrected chi connectivity index (χ1v) is 10.3. The third-order valence-electron chi connectivity index (χ3n) is 5.08. The Hall–Kier alpha value is -3.74. The first kappa shape index (κ1) is 21.5. The van der Waals surface area contributed by atoms with Crippen LogP contribution in [-0.2, 0) is 4.74 Å². The fourth-order valence-corrected chi connectivity index (χ4v) is 3.57. The van der Waals surface area contributed by atoms with Crippen LogP contribution in [0.2, 0.25) is 0 Å². The third kappa shape index (κ3) is 4.46. The molecular formula is C22H23FN6O3. The highest BCUT2D eigenvalue weighted by Gasteiger charge is 2.29. The van der Waals surface area contributed by atoms with Crippen molar-refractivity contribution in [2.75, 3.05) is 13.1 Å². The summed E-state index contributed by atoms with van der Waals surface area (Å²) in [6, 6.07) is 5.89. The molecule has 2 aromatic heterocycles. The second-order valence-electron chi connectivity index (χ2n) is 8.56. The molecule has 0 aliphatic carbocycles. The molecule has 32 heavy (non-hydrogen) atoms. The molecule has 166 valence electrons. The Bertz CT molecular complexity index is 1190. The maximum Gasteiger partial charge on any atom is 0.410 e. The summed E-state index contributed by atoms with van der Waals surface area (Å²) in [5, 5.41) is 13.9. The van der Waals surface area contributed by atoms with Crippen molar-refractivity contribution < 1.29 is 18.7 Å². The number of nitrogens with zero attached hydrogens (tertiary/aromatic N) is 6. The van der Waals surface area contributed by atoms with Crippen molar-refractivity contribution in [3.63, 3.8) is 0 Å². The minimum Gasteiger partial charge on any atom is -0.444 e. The van der Waals surface area contributed by atoms with E-state index in [1.165, 1.54) is 18.5 Å². The molecule has 1 saturated heterocycles. The lowest BCUT2D eigenvalue weighted by Gasteiger charge is -2.33. The second-order valence-corrected chi connectivity index (χ2v) is 8.56. The van der Waals surface area contributed by atoms with Gasteiger partial charge in [-0.05, 0) is 51.8 Å². The highest BCUT2D eigenvalue weighted by Crippen LogP contribution is 2.31. The van der Waals surface area contributed by atoms with Crippen LogP contribution in [0, 0.1) is 17.1 Å². The number of rotatable bonds is 3. The molecule has 3 aromatic rings. The van der Waals surface area contributed by atoms with Gasteiger partial charge in [-0.2, -0.15) is 10.4 Å². The SMILES string of the molecule is CC(C)(C)OC(=O)N1CCC(n2ncc3c(Oc4ccc(C#N)cc4F)ncnc32)CC1. The van der Waals surface area contributed by atoms with E-state index in [1.54, 1.807) is 15.8 Å². The van der Waals surface area contributed by atoms with Gasteiger partial charge in [0, 0.05) is 13.1 Å². The summed E-state index contributed by atoms with van der Waals surface area (Å²) in [7, 11) is 0. The summed E-state index contributed by atoms with van der Waals surface area (Å²) >= 11 is 0. The van der Waals surface area contributed by atoms with Crippen molar-refractivity contribution in [1.82, 2.24) is 24.6 Å². The van der Waals surface area contributed by atoms with Gasteiger partial charge in [-0.1, -0.05) is 0 Å². The number of halogens is 1. The van der Waals surface area contributed by atoms with E-state index in [-0.39, 0.29) is 29.3 Å². The molecule has 1 aliphatic rings. The van der Waals surface area contributed by atoms with Crippen LogP contribution in [-0.4, -0.2) is 49.4 Å². The molecule has 1 fully saturated rings. The van der Waals surface area contributed by atoms with Crippen LogP contribution in [0.15, 0.2) is 30.7 Å². The number of hydrogen-bond acceptors (Lipinski definition) is 7. The van der Waals surface area contributed by atoms with Gasteiger partial charge >= 0.3 is 6.09 Å². The topological polar surface area (TPSA) is 106 Å². The molecule has 1 amide bonds. The first-order valence-electron chi connectivity index (χ1n) is 10.3. The number of ether oxygens (including phenoxy) is 2. The van der Waals surface area contributed by atoms with Gasteiger partial charge in [0.15, 0.2) is 17.2 Å². The van der Waals surface area contributed by atoms with E-state index in [0.717, 1.165) is 6.07 Å². The van der Waals surface area contributed by atoms with Crippen LogP contribution >= 0.6 is 0 Å². The van der Waals surface area contributed by atoms with Gasteiger partial charge in [0.1, 0.15) is 17.3 Å². The summed E-state index contributed by atoms with van der Waals surface area (Å²) < 4.78 is 27.1. The van der Waals surface area contributed by atoms with Gasteiger partial charge in [0.05, 0.1) is 23.9 Å². The molecule has 3 heterocycles. The standard InChI is InChI=1S/C22H23FN6O3/c1-22(2,3)32-21(30)28-8-6-15(7-9-28)29-19-16(12-27-29)20(26-13-25-19)31-18-5-4-14(11-24)10-17(18)23/h4-5,10,12-13,15H,6-9H2,1-3H3. The molecule has 1 aliphatic heterocycles. The monoisotopic (exact) mass is 438 g/mol. The molecule has 0 spiro atoms. The van der Waals surface area contributed by atoms with Crippen molar-refractivity contribution in [2.24, 2.45) is 0 Å². The molecule has 1 aromatic carbocycles. The lowest BCUT2D eigenvalue weighted by molar-refractivity contribution is 0.0186. The van der Waals surface area contributed by atoms with E-state index >= 15 is 0 Å². The van der Waals surface area contributed by atoms with Gasteiger partial charge in [0.2, 0.25) is 5.88 Å². The van der Waals surface area contributed by atoms with Crippen molar-refractivity contribution >= 4 is 17.1 Å². The van der Waals surface area contributed by atoms with E-state index in [9.17, 15) is 9.18 Å². The Morgan fingerprint density at radius 3 is 2.66 bits per heavy atom. The molecule has 0 radical (unpaired) electrons. The predicted octanol–water partition coefficient (Wildman–Crippen LogP) is 4.20. The zero-order chi connectivity index (χ0) is 22.9. The number of amides is 1. The van der Waals surface area contributed by atoms with Gasteiger partial charge < -0.3 is 14.4 Å². The highest BCUT2D eigenvalue weighted by molar-refractivity contribution is 5.80. The Balaban J connectivity index is 1.51.